The van der Waals surface area contributed by atoms with Gasteiger partial charge in [-0.3, -0.25) is 9.89 Å². The Kier molecular flexibility index (Phi) is 4.53. The maximum Gasteiger partial charge on any atom is 0.266 e. The van der Waals surface area contributed by atoms with Gasteiger partial charge >= 0.3 is 0 Å². The predicted molar refractivity (Wildman–Crippen MR) is 83.0 cm³/mol. The van der Waals surface area contributed by atoms with Crippen molar-refractivity contribution >= 4 is 23.3 Å². The predicted octanol–water partition coefficient (Wildman–Crippen LogP) is 3.39. The molecule has 5 nitrogen and oxygen atoms in total. The SMILES string of the molecule is Cc1cc(Cl)ccc1OC(C)C(=O)Nc1n[nH]c(C)c1C. The van der Waals surface area contributed by atoms with Crippen molar-refractivity contribution in [3.63, 3.8) is 0 Å². The van der Waals surface area contributed by atoms with Gasteiger partial charge in [-0.15, -0.1) is 0 Å². The summed E-state index contributed by atoms with van der Waals surface area (Å²) in [5.74, 6) is 0.914. The molecule has 0 bridgehead atoms. The van der Waals surface area contributed by atoms with Gasteiger partial charge in [0.25, 0.3) is 5.91 Å². The van der Waals surface area contributed by atoms with E-state index < -0.39 is 6.10 Å². The Morgan fingerprint density at radius 1 is 1.38 bits per heavy atom. The normalized spacial score (nSPS) is 12.0. The van der Waals surface area contributed by atoms with E-state index in [0.717, 1.165) is 16.8 Å². The van der Waals surface area contributed by atoms with Crippen LogP contribution in [0.3, 0.4) is 0 Å². The first-order valence-electron chi connectivity index (χ1n) is 6.63. The van der Waals surface area contributed by atoms with Gasteiger partial charge in [0.2, 0.25) is 0 Å². The van der Waals surface area contributed by atoms with Crippen LogP contribution in [-0.4, -0.2) is 22.2 Å². The lowest BCUT2D eigenvalue weighted by Gasteiger charge is -2.16. The van der Waals surface area contributed by atoms with Crippen LogP contribution in [0.4, 0.5) is 5.82 Å². The molecule has 0 aliphatic heterocycles. The minimum atomic E-state index is -0.638. The van der Waals surface area contributed by atoms with Gasteiger partial charge in [0.1, 0.15) is 5.75 Å². The van der Waals surface area contributed by atoms with E-state index in [1.165, 1.54) is 0 Å². The summed E-state index contributed by atoms with van der Waals surface area (Å²) >= 11 is 5.90. The van der Waals surface area contributed by atoms with E-state index in [9.17, 15) is 4.79 Å². The molecular weight excluding hydrogens is 290 g/mol. The third kappa shape index (κ3) is 3.55. The minimum Gasteiger partial charge on any atom is -0.481 e. The van der Waals surface area contributed by atoms with Gasteiger partial charge in [-0.1, -0.05) is 11.6 Å². The molecular formula is C15H18ClN3O2. The van der Waals surface area contributed by atoms with Crippen molar-refractivity contribution in [2.24, 2.45) is 0 Å². The summed E-state index contributed by atoms with van der Waals surface area (Å²) < 4.78 is 5.67. The number of hydrogen-bond acceptors (Lipinski definition) is 3. The minimum absolute atomic E-state index is 0.251. The number of carbonyl (C=O) groups is 1. The first kappa shape index (κ1) is 15.4. The Morgan fingerprint density at radius 2 is 2.10 bits per heavy atom. The van der Waals surface area contributed by atoms with Crippen molar-refractivity contribution < 1.29 is 9.53 Å². The topological polar surface area (TPSA) is 67.0 Å². The Hall–Kier alpha value is -2.01. The zero-order valence-corrected chi connectivity index (χ0v) is 13.2. The van der Waals surface area contributed by atoms with Gasteiger partial charge in [-0.2, -0.15) is 5.10 Å². The van der Waals surface area contributed by atoms with Crippen LogP contribution in [0.25, 0.3) is 0 Å². The number of rotatable bonds is 4. The Balaban J connectivity index is 2.04. The fourth-order valence-corrected chi connectivity index (χ4v) is 2.04. The lowest BCUT2D eigenvalue weighted by atomic mass is 10.2. The van der Waals surface area contributed by atoms with Crippen LogP contribution in [0.15, 0.2) is 18.2 Å². The molecule has 1 amide bonds. The van der Waals surface area contributed by atoms with Crippen LogP contribution in [0, 0.1) is 20.8 Å². The van der Waals surface area contributed by atoms with Gasteiger partial charge < -0.3 is 10.1 Å². The number of nitrogens with zero attached hydrogens (tertiary/aromatic N) is 1. The fraction of sp³-hybridized carbons (Fsp3) is 0.333. The summed E-state index contributed by atoms with van der Waals surface area (Å²) in [4.78, 5) is 12.1. The van der Waals surface area contributed by atoms with Crippen LogP contribution in [0.5, 0.6) is 5.75 Å². The second-order valence-electron chi connectivity index (χ2n) is 4.98. The highest BCUT2D eigenvalue weighted by Crippen LogP contribution is 2.23. The molecule has 1 unspecified atom stereocenters. The number of halogens is 1. The molecule has 1 heterocycles. The first-order chi connectivity index (χ1) is 9.88. The quantitative estimate of drug-likeness (QED) is 0.909. The van der Waals surface area contributed by atoms with Crippen LogP contribution in [0.2, 0.25) is 5.02 Å². The monoisotopic (exact) mass is 307 g/mol. The van der Waals surface area contributed by atoms with E-state index in [1.54, 1.807) is 25.1 Å². The molecule has 1 atom stereocenters. The van der Waals surface area contributed by atoms with Crippen LogP contribution in [-0.2, 0) is 4.79 Å². The number of aromatic nitrogens is 2. The highest BCUT2D eigenvalue weighted by molar-refractivity contribution is 6.30. The van der Waals surface area contributed by atoms with E-state index in [-0.39, 0.29) is 5.91 Å². The first-order valence-corrected chi connectivity index (χ1v) is 7.01. The van der Waals surface area contributed by atoms with Crippen molar-refractivity contribution in [3.05, 3.63) is 40.0 Å². The lowest BCUT2D eigenvalue weighted by molar-refractivity contribution is -0.122. The number of nitrogens with one attached hydrogen (secondary N) is 2. The molecule has 0 saturated carbocycles. The van der Waals surface area contributed by atoms with Crippen molar-refractivity contribution in [2.75, 3.05) is 5.32 Å². The van der Waals surface area contributed by atoms with Crippen molar-refractivity contribution in [1.82, 2.24) is 10.2 Å². The number of carbonyl (C=O) groups excluding carboxylic acids is 1. The van der Waals surface area contributed by atoms with E-state index in [0.29, 0.717) is 16.6 Å². The van der Waals surface area contributed by atoms with Gasteiger partial charge in [0.15, 0.2) is 11.9 Å². The highest BCUT2D eigenvalue weighted by atomic mass is 35.5. The van der Waals surface area contributed by atoms with Gasteiger partial charge in [-0.05, 0) is 51.5 Å². The lowest BCUT2D eigenvalue weighted by Crippen LogP contribution is -2.30. The van der Waals surface area contributed by atoms with Gasteiger partial charge in [0.05, 0.1) is 0 Å². The second kappa shape index (κ2) is 6.18. The zero-order chi connectivity index (χ0) is 15.6. The number of benzene rings is 1. The molecule has 2 aromatic rings. The van der Waals surface area contributed by atoms with Crippen molar-refractivity contribution in [2.45, 2.75) is 33.8 Å². The Bertz CT molecular complexity index is 667. The summed E-state index contributed by atoms with van der Waals surface area (Å²) in [7, 11) is 0. The average Bonchev–Trinajstić information content (AvgIpc) is 2.73. The third-order valence-electron chi connectivity index (χ3n) is 3.30. The third-order valence-corrected chi connectivity index (χ3v) is 3.54. The number of ether oxygens (including phenoxy) is 1. The van der Waals surface area contributed by atoms with Gasteiger partial charge in [0, 0.05) is 16.3 Å². The van der Waals surface area contributed by atoms with Crippen LogP contribution >= 0.6 is 11.6 Å². The molecule has 1 aromatic carbocycles. The number of aryl methyl sites for hydroxylation is 2. The molecule has 0 fully saturated rings. The summed E-state index contributed by atoms with van der Waals surface area (Å²) in [5, 5.41) is 10.3. The van der Waals surface area contributed by atoms with E-state index in [1.807, 2.05) is 20.8 Å². The van der Waals surface area contributed by atoms with E-state index >= 15 is 0 Å². The Labute approximate surface area is 128 Å². The largest absolute Gasteiger partial charge is 0.481 e. The standard InChI is InChI=1S/C15H18ClN3O2/c1-8-7-12(16)5-6-13(8)21-11(4)15(20)17-14-9(2)10(3)18-19-14/h5-7,11H,1-4H3,(H2,17,18,19,20). The number of H-pyrrole nitrogens is 1. The van der Waals surface area contributed by atoms with E-state index in [4.69, 9.17) is 16.3 Å². The molecule has 112 valence electrons. The molecule has 0 saturated heterocycles. The molecule has 0 spiro atoms. The van der Waals surface area contributed by atoms with Crippen LogP contribution in [0.1, 0.15) is 23.7 Å². The van der Waals surface area contributed by atoms with E-state index in [2.05, 4.69) is 15.5 Å². The number of amides is 1. The summed E-state index contributed by atoms with van der Waals surface area (Å²) in [6.07, 6.45) is -0.638. The number of anilines is 1. The molecule has 21 heavy (non-hydrogen) atoms. The average molecular weight is 308 g/mol. The van der Waals surface area contributed by atoms with Crippen LogP contribution < -0.4 is 10.1 Å². The fourth-order valence-electron chi connectivity index (χ4n) is 1.81. The van der Waals surface area contributed by atoms with Gasteiger partial charge in [-0.25, -0.2) is 0 Å². The van der Waals surface area contributed by atoms with Crippen molar-refractivity contribution in [1.29, 1.82) is 0 Å². The summed E-state index contributed by atoms with van der Waals surface area (Å²) in [6, 6.07) is 5.28. The molecule has 1 aromatic heterocycles. The summed E-state index contributed by atoms with van der Waals surface area (Å²) in [6.45, 7) is 7.36. The second-order valence-corrected chi connectivity index (χ2v) is 5.42. The summed E-state index contributed by atoms with van der Waals surface area (Å²) in [5.41, 5.74) is 2.72. The molecule has 0 aliphatic carbocycles. The molecule has 0 aliphatic rings. The maximum atomic E-state index is 12.1. The molecule has 6 heteroatoms. The maximum absolute atomic E-state index is 12.1. The smallest absolute Gasteiger partial charge is 0.266 e. The molecule has 0 radical (unpaired) electrons. The molecule has 2 N–H and O–H groups in total. The highest BCUT2D eigenvalue weighted by Gasteiger charge is 2.18. The molecule has 2 rings (SSSR count). The Morgan fingerprint density at radius 3 is 2.67 bits per heavy atom. The number of aromatic amines is 1. The van der Waals surface area contributed by atoms with Crippen molar-refractivity contribution in [3.8, 4) is 5.75 Å². The zero-order valence-electron chi connectivity index (χ0n) is 12.5. The number of hydrogen-bond donors (Lipinski definition) is 2.